The average Bonchev–Trinajstić information content (AvgIpc) is 2.74. The molecule has 0 saturated carbocycles. The summed E-state index contributed by atoms with van der Waals surface area (Å²) in [5.41, 5.74) is 1.03. The van der Waals surface area contributed by atoms with Crippen molar-refractivity contribution in [3.63, 3.8) is 0 Å². The van der Waals surface area contributed by atoms with Crippen LogP contribution < -0.4 is 5.32 Å². The molecule has 2 saturated heterocycles. The predicted octanol–water partition coefficient (Wildman–Crippen LogP) is 2.30. The van der Waals surface area contributed by atoms with Crippen LogP contribution in [0.2, 0.25) is 0 Å². The topological polar surface area (TPSA) is 79.0 Å². The Morgan fingerprint density at radius 3 is 2.66 bits per heavy atom. The van der Waals surface area contributed by atoms with Gasteiger partial charge in [-0.1, -0.05) is 13.0 Å². The van der Waals surface area contributed by atoms with Gasteiger partial charge >= 0.3 is 0 Å². The van der Waals surface area contributed by atoms with Crippen LogP contribution >= 0.6 is 12.2 Å². The van der Waals surface area contributed by atoms with E-state index in [-0.39, 0.29) is 10.8 Å². The molecule has 29 heavy (non-hydrogen) atoms. The lowest BCUT2D eigenvalue weighted by atomic mass is 10.0. The van der Waals surface area contributed by atoms with Gasteiger partial charge in [-0.05, 0) is 62.5 Å². The highest BCUT2D eigenvalue weighted by Gasteiger charge is 2.28. The van der Waals surface area contributed by atoms with Crippen molar-refractivity contribution in [1.29, 1.82) is 0 Å². The van der Waals surface area contributed by atoms with E-state index in [0.29, 0.717) is 48.6 Å². The van der Waals surface area contributed by atoms with Gasteiger partial charge in [0, 0.05) is 31.2 Å². The summed E-state index contributed by atoms with van der Waals surface area (Å²) in [6, 6.07) is 5.00. The van der Waals surface area contributed by atoms with Crippen molar-refractivity contribution in [1.82, 2.24) is 14.5 Å². The van der Waals surface area contributed by atoms with Crippen molar-refractivity contribution in [3.8, 4) is 0 Å². The molecule has 1 aromatic carbocycles. The third-order valence-electron chi connectivity index (χ3n) is 5.64. The molecule has 1 N–H and O–H groups in total. The third kappa shape index (κ3) is 4.96. The smallest absolute Gasteiger partial charge is 0.257 e. The van der Waals surface area contributed by atoms with Gasteiger partial charge in [0.25, 0.3) is 5.91 Å². The summed E-state index contributed by atoms with van der Waals surface area (Å²) in [5.74, 6) is -0.369. The molecule has 1 amide bonds. The Morgan fingerprint density at radius 1 is 1.24 bits per heavy atom. The van der Waals surface area contributed by atoms with E-state index >= 15 is 0 Å². The van der Waals surface area contributed by atoms with Gasteiger partial charge in [0.05, 0.1) is 18.1 Å². The molecule has 2 aliphatic rings. The largest absolute Gasteiger partial charge is 0.379 e. The highest BCUT2D eigenvalue weighted by molar-refractivity contribution is 7.89. The Bertz CT molecular complexity index is 866. The van der Waals surface area contributed by atoms with Gasteiger partial charge < -0.3 is 9.64 Å². The first kappa shape index (κ1) is 22.1. The van der Waals surface area contributed by atoms with E-state index in [1.807, 2.05) is 0 Å². The minimum atomic E-state index is -3.67. The van der Waals surface area contributed by atoms with E-state index in [1.165, 1.54) is 16.8 Å². The fourth-order valence-corrected chi connectivity index (χ4v) is 5.64. The van der Waals surface area contributed by atoms with E-state index in [9.17, 15) is 13.2 Å². The SMILES string of the molecule is CC[C@@H]1CCCCN1C(=S)NC(=O)c1cc(S(=O)(=O)N2CCOCC2)ccc1C. The monoisotopic (exact) mass is 439 g/mol. The summed E-state index contributed by atoms with van der Waals surface area (Å²) < 4.78 is 32.5. The fraction of sp³-hybridized carbons (Fsp3) is 0.600. The Kier molecular flexibility index (Phi) is 7.26. The Hall–Kier alpha value is -1.55. The summed E-state index contributed by atoms with van der Waals surface area (Å²) in [6.45, 7) is 6.13. The van der Waals surface area contributed by atoms with E-state index in [2.05, 4.69) is 17.1 Å². The van der Waals surface area contributed by atoms with Crippen LogP contribution in [0.25, 0.3) is 0 Å². The molecule has 1 atom stereocenters. The number of morpholine rings is 1. The quantitative estimate of drug-likeness (QED) is 0.726. The molecule has 0 bridgehead atoms. The van der Waals surface area contributed by atoms with Gasteiger partial charge in [0.1, 0.15) is 0 Å². The second kappa shape index (κ2) is 9.51. The molecule has 0 unspecified atom stereocenters. The van der Waals surface area contributed by atoms with E-state index in [1.54, 1.807) is 19.1 Å². The number of benzene rings is 1. The van der Waals surface area contributed by atoms with Crippen molar-refractivity contribution in [3.05, 3.63) is 29.3 Å². The van der Waals surface area contributed by atoms with E-state index in [0.717, 1.165) is 25.8 Å². The number of aryl methyl sites for hydroxylation is 1. The summed E-state index contributed by atoms with van der Waals surface area (Å²) in [7, 11) is -3.67. The van der Waals surface area contributed by atoms with Crippen molar-refractivity contribution >= 4 is 33.3 Å². The zero-order valence-corrected chi connectivity index (χ0v) is 18.7. The molecule has 0 aromatic heterocycles. The van der Waals surface area contributed by atoms with Crippen LogP contribution in [0.4, 0.5) is 0 Å². The number of hydrogen-bond donors (Lipinski definition) is 1. The number of likely N-dealkylation sites (tertiary alicyclic amines) is 1. The average molecular weight is 440 g/mol. The summed E-state index contributed by atoms with van der Waals surface area (Å²) in [6.07, 6.45) is 4.27. The number of sulfonamides is 1. The molecule has 0 spiro atoms. The molecule has 0 aliphatic carbocycles. The highest BCUT2D eigenvalue weighted by atomic mass is 32.2. The maximum absolute atomic E-state index is 12.9. The number of carbonyl (C=O) groups is 1. The van der Waals surface area contributed by atoms with Crippen molar-refractivity contribution in [2.75, 3.05) is 32.8 Å². The maximum Gasteiger partial charge on any atom is 0.257 e. The standard InChI is InChI=1S/C20H29N3O4S2/c1-3-16-6-4-5-9-23(16)20(28)21-19(24)18-14-17(8-7-15(18)2)29(25,26)22-10-12-27-13-11-22/h7-8,14,16H,3-6,9-13H2,1-2H3,(H,21,24,28)/t16-/m1/s1. The molecule has 160 valence electrons. The molecule has 1 aromatic rings. The summed E-state index contributed by atoms with van der Waals surface area (Å²) in [5, 5.41) is 3.24. The Morgan fingerprint density at radius 2 is 1.97 bits per heavy atom. The number of amides is 1. The van der Waals surface area contributed by atoms with Gasteiger partial charge in [0.2, 0.25) is 10.0 Å². The van der Waals surface area contributed by atoms with Crippen LogP contribution in [0, 0.1) is 6.92 Å². The number of piperidine rings is 1. The number of hydrogen-bond acceptors (Lipinski definition) is 5. The highest BCUT2D eigenvalue weighted by Crippen LogP contribution is 2.22. The van der Waals surface area contributed by atoms with Crippen molar-refractivity contribution in [2.45, 2.75) is 50.5 Å². The predicted molar refractivity (Wildman–Crippen MR) is 115 cm³/mol. The molecule has 3 rings (SSSR count). The van der Waals surface area contributed by atoms with Gasteiger partial charge in [-0.25, -0.2) is 8.42 Å². The zero-order chi connectivity index (χ0) is 21.0. The van der Waals surface area contributed by atoms with Crippen molar-refractivity contribution in [2.24, 2.45) is 0 Å². The second-order valence-electron chi connectivity index (χ2n) is 7.50. The Balaban J connectivity index is 1.78. The minimum absolute atomic E-state index is 0.116. The van der Waals surface area contributed by atoms with Crippen LogP contribution in [-0.4, -0.2) is 67.5 Å². The molecule has 2 aliphatic heterocycles. The summed E-state index contributed by atoms with van der Waals surface area (Å²) >= 11 is 5.50. The maximum atomic E-state index is 12.9. The number of nitrogens with one attached hydrogen (secondary N) is 1. The Labute approximate surface area is 178 Å². The van der Waals surface area contributed by atoms with Gasteiger partial charge in [-0.15, -0.1) is 0 Å². The lowest BCUT2D eigenvalue weighted by Crippen LogP contribution is -2.49. The molecule has 2 heterocycles. The van der Waals surface area contributed by atoms with Gasteiger partial charge in [-0.2, -0.15) is 4.31 Å². The number of thiocarbonyl (C=S) groups is 1. The molecule has 0 radical (unpaired) electrons. The van der Waals surface area contributed by atoms with Crippen molar-refractivity contribution < 1.29 is 17.9 Å². The van der Waals surface area contributed by atoms with E-state index in [4.69, 9.17) is 17.0 Å². The number of carbonyl (C=O) groups excluding carboxylic acids is 1. The van der Waals surface area contributed by atoms with Crippen LogP contribution in [0.5, 0.6) is 0 Å². The fourth-order valence-electron chi connectivity index (χ4n) is 3.87. The molecule has 2 fully saturated rings. The molecule has 9 heteroatoms. The van der Waals surface area contributed by atoms with Crippen LogP contribution in [0.3, 0.4) is 0 Å². The van der Waals surface area contributed by atoms with Gasteiger partial charge in [0.15, 0.2) is 5.11 Å². The third-order valence-corrected chi connectivity index (χ3v) is 7.87. The number of rotatable bonds is 4. The number of nitrogens with zero attached hydrogens (tertiary/aromatic N) is 2. The van der Waals surface area contributed by atoms with Crippen LogP contribution in [-0.2, 0) is 14.8 Å². The van der Waals surface area contributed by atoms with Crippen LogP contribution in [0.15, 0.2) is 23.1 Å². The van der Waals surface area contributed by atoms with Crippen LogP contribution in [0.1, 0.15) is 48.5 Å². The second-order valence-corrected chi connectivity index (χ2v) is 9.83. The first-order valence-electron chi connectivity index (χ1n) is 10.1. The normalized spacial score (nSPS) is 21.0. The van der Waals surface area contributed by atoms with Gasteiger partial charge in [-0.3, -0.25) is 10.1 Å². The lowest BCUT2D eigenvalue weighted by Gasteiger charge is -2.37. The first-order chi connectivity index (χ1) is 13.8. The zero-order valence-electron chi connectivity index (χ0n) is 17.0. The molecular formula is C20H29N3O4S2. The van der Waals surface area contributed by atoms with E-state index < -0.39 is 10.0 Å². The summed E-state index contributed by atoms with van der Waals surface area (Å²) in [4.78, 5) is 15.1. The first-order valence-corrected chi connectivity index (χ1v) is 12.0. The molecule has 7 nitrogen and oxygen atoms in total. The minimum Gasteiger partial charge on any atom is -0.379 e. The molecular weight excluding hydrogens is 410 g/mol. The lowest BCUT2D eigenvalue weighted by molar-refractivity contribution is 0.0730. The number of ether oxygens (including phenoxy) is 1.